The molecule has 102 valence electrons. The van der Waals surface area contributed by atoms with Crippen LogP contribution >= 0.6 is 0 Å². The summed E-state index contributed by atoms with van der Waals surface area (Å²) in [5, 5.41) is 17.7. The summed E-state index contributed by atoms with van der Waals surface area (Å²) in [5.74, 6) is 0.889. The molecule has 2 aromatic heterocycles. The molecule has 0 amide bonds. The van der Waals surface area contributed by atoms with Crippen molar-refractivity contribution in [3.8, 4) is 5.88 Å². The van der Waals surface area contributed by atoms with E-state index in [-0.39, 0.29) is 5.88 Å². The molecule has 3 rings (SSSR count). The molecular formula is C15H21N3O. The van der Waals surface area contributed by atoms with E-state index < -0.39 is 0 Å². The predicted octanol–water partition coefficient (Wildman–Crippen LogP) is 3.34. The molecule has 2 atom stereocenters. The highest BCUT2D eigenvalue weighted by molar-refractivity contribution is 5.76. The van der Waals surface area contributed by atoms with Crippen molar-refractivity contribution in [3.63, 3.8) is 0 Å². The fraction of sp³-hybridized carbons (Fsp3) is 0.533. The van der Waals surface area contributed by atoms with Gasteiger partial charge in [0.2, 0.25) is 5.88 Å². The first-order valence-corrected chi connectivity index (χ1v) is 7.09. The molecule has 2 unspecified atom stereocenters. The maximum atomic E-state index is 9.76. The van der Waals surface area contributed by atoms with Crippen molar-refractivity contribution in [2.75, 3.05) is 5.32 Å². The Morgan fingerprint density at radius 1 is 1.32 bits per heavy atom. The van der Waals surface area contributed by atoms with Crippen LogP contribution in [0, 0.1) is 12.8 Å². The molecule has 1 saturated carbocycles. The summed E-state index contributed by atoms with van der Waals surface area (Å²) in [6.45, 7) is 4.38. The third kappa shape index (κ3) is 2.15. The number of hydrogen-bond acceptors (Lipinski definition) is 3. The number of anilines is 1. The van der Waals surface area contributed by atoms with Gasteiger partial charge in [0, 0.05) is 12.1 Å². The van der Waals surface area contributed by atoms with Crippen LogP contribution in [0.15, 0.2) is 18.3 Å². The maximum absolute atomic E-state index is 9.76. The van der Waals surface area contributed by atoms with Crippen molar-refractivity contribution in [3.05, 3.63) is 23.9 Å². The Balaban J connectivity index is 1.97. The number of aromatic hydroxyl groups is 1. The maximum Gasteiger partial charge on any atom is 0.212 e. The van der Waals surface area contributed by atoms with Crippen molar-refractivity contribution in [2.45, 2.75) is 45.6 Å². The summed E-state index contributed by atoms with van der Waals surface area (Å²) in [6, 6.07) is 4.14. The predicted molar refractivity (Wildman–Crippen MR) is 76.6 cm³/mol. The van der Waals surface area contributed by atoms with Crippen molar-refractivity contribution in [1.82, 2.24) is 9.61 Å². The topological polar surface area (TPSA) is 49.6 Å². The van der Waals surface area contributed by atoms with Gasteiger partial charge in [-0.3, -0.25) is 0 Å². The lowest BCUT2D eigenvalue weighted by molar-refractivity contribution is 0.349. The number of nitrogens with one attached hydrogen (secondary N) is 1. The molecule has 2 N–H and O–H groups in total. The summed E-state index contributed by atoms with van der Waals surface area (Å²) in [7, 11) is 0. The Morgan fingerprint density at radius 2 is 2.11 bits per heavy atom. The zero-order chi connectivity index (χ0) is 13.4. The Labute approximate surface area is 113 Å². The summed E-state index contributed by atoms with van der Waals surface area (Å²) < 4.78 is 1.59. The minimum absolute atomic E-state index is 0.190. The number of fused-ring (bicyclic) bond motifs is 1. The Kier molecular flexibility index (Phi) is 3.09. The third-order valence-corrected chi connectivity index (χ3v) is 4.29. The highest BCUT2D eigenvalue weighted by atomic mass is 16.3. The summed E-state index contributed by atoms with van der Waals surface area (Å²) in [6.07, 6.45) is 6.97. The number of rotatable bonds is 2. The average Bonchev–Trinajstić information content (AvgIpc) is 2.77. The van der Waals surface area contributed by atoms with E-state index in [4.69, 9.17) is 0 Å². The molecule has 1 aliphatic rings. The van der Waals surface area contributed by atoms with Crippen molar-refractivity contribution in [2.24, 2.45) is 5.92 Å². The van der Waals surface area contributed by atoms with Gasteiger partial charge in [0.25, 0.3) is 0 Å². The largest absolute Gasteiger partial charge is 0.493 e. The zero-order valence-corrected chi connectivity index (χ0v) is 11.6. The molecule has 4 nitrogen and oxygen atoms in total. The molecule has 0 bridgehead atoms. The van der Waals surface area contributed by atoms with Gasteiger partial charge >= 0.3 is 0 Å². The fourth-order valence-electron chi connectivity index (χ4n) is 3.04. The van der Waals surface area contributed by atoms with Crippen LogP contribution in [-0.2, 0) is 0 Å². The molecule has 0 radical (unpaired) electrons. The lowest BCUT2D eigenvalue weighted by atomic mass is 9.85. The molecule has 4 heteroatoms. The second kappa shape index (κ2) is 4.76. The van der Waals surface area contributed by atoms with Gasteiger partial charge in [0.1, 0.15) is 0 Å². The first kappa shape index (κ1) is 12.3. The molecule has 0 aromatic carbocycles. The standard InChI is InChI=1S/C15H21N3O/c1-10-5-3-4-6-12(10)17-15-11(2)9-16-18-13(15)7-8-14(18)19/h7-10,12,17,19H,3-6H2,1-2H3. The van der Waals surface area contributed by atoms with Gasteiger partial charge in [0.15, 0.2) is 0 Å². The second-order valence-electron chi connectivity index (χ2n) is 5.70. The van der Waals surface area contributed by atoms with E-state index in [9.17, 15) is 5.11 Å². The lowest BCUT2D eigenvalue weighted by Gasteiger charge is -2.31. The molecule has 0 aliphatic heterocycles. The van der Waals surface area contributed by atoms with Crippen molar-refractivity contribution < 1.29 is 5.11 Å². The van der Waals surface area contributed by atoms with Gasteiger partial charge in [-0.2, -0.15) is 9.61 Å². The van der Waals surface area contributed by atoms with E-state index >= 15 is 0 Å². The third-order valence-electron chi connectivity index (χ3n) is 4.29. The number of nitrogens with zero attached hydrogens (tertiary/aromatic N) is 2. The van der Waals surface area contributed by atoms with Gasteiger partial charge in [-0.05, 0) is 37.3 Å². The molecule has 0 spiro atoms. The smallest absolute Gasteiger partial charge is 0.212 e. The molecule has 1 aliphatic carbocycles. The summed E-state index contributed by atoms with van der Waals surface area (Å²) >= 11 is 0. The van der Waals surface area contributed by atoms with Crippen molar-refractivity contribution in [1.29, 1.82) is 0 Å². The quantitative estimate of drug-likeness (QED) is 0.869. The minimum Gasteiger partial charge on any atom is -0.493 e. The van der Waals surface area contributed by atoms with Crippen LogP contribution in [0.4, 0.5) is 5.69 Å². The van der Waals surface area contributed by atoms with E-state index in [1.807, 2.05) is 12.3 Å². The van der Waals surface area contributed by atoms with E-state index in [0.29, 0.717) is 12.0 Å². The van der Waals surface area contributed by atoms with Gasteiger partial charge in [0.05, 0.1) is 17.4 Å². The first-order chi connectivity index (χ1) is 9.16. The number of aromatic nitrogens is 2. The first-order valence-electron chi connectivity index (χ1n) is 7.09. The van der Waals surface area contributed by atoms with Gasteiger partial charge in [-0.1, -0.05) is 19.8 Å². The van der Waals surface area contributed by atoms with Crippen LogP contribution in [0.2, 0.25) is 0 Å². The van der Waals surface area contributed by atoms with Crippen LogP contribution in [0.3, 0.4) is 0 Å². The summed E-state index contributed by atoms with van der Waals surface area (Å²) in [4.78, 5) is 0. The molecule has 19 heavy (non-hydrogen) atoms. The highest BCUT2D eigenvalue weighted by Crippen LogP contribution is 2.31. The average molecular weight is 259 g/mol. The number of aryl methyl sites for hydroxylation is 1. The Bertz CT molecular complexity index is 590. The zero-order valence-electron chi connectivity index (χ0n) is 11.6. The fourth-order valence-corrected chi connectivity index (χ4v) is 3.04. The Hall–Kier alpha value is -1.71. The van der Waals surface area contributed by atoms with E-state index in [2.05, 4.69) is 24.3 Å². The highest BCUT2D eigenvalue weighted by Gasteiger charge is 2.22. The normalized spacial score (nSPS) is 23.7. The van der Waals surface area contributed by atoms with Crippen LogP contribution in [0.25, 0.3) is 5.52 Å². The molecule has 2 aromatic rings. The van der Waals surface area contributed by atoms with Crippen molar-refractivity contribution >= 4 is 11.2 Å². The minimum atomic E-state index is 0.190. The SMILES string of the molecule is Cc1cnn2c(O)ccc2c1NC1CCCCC1C. The molecule has 1 fully saturated rings. The van der Waals surface area contributed by atoms with Gasteiger partial charge < -0.3 is 10.4 Å². The van der Waals surface area contributed by atoms with Crippen LogP contribution in [-0.4, -0.2) is 20.8 Å². The lowest BCUT2D eigenvalue weighted by Crippen LogP contribution is -2.30. The van der Waals surface area contributed by atoms with Crippen LogP contribution in [0.1, 0.15) is 38.2 Å². The number of hydrogen-bond donors (Lipinski definition) is 2. The van der Waals surface area contributed by atoms with E-state index in [1.54, 1.807) is 10.6 Å². The Morgan fingerprint density at radius 3 is 2.89 bits per heavy atom. The van der Waals surface area contributed by atoms with Gasteiger partial charge in [-0.15, -0.1) is 0 Å². The van der Waals surface area contributed by atoms with Gasteiger partial charge in [-0.25, -0.2) is 0 Å². The monoisotopic (exact) mass is 259 g/mol. The van der Waals surface area contributed by atoms with E-state index in [0.717, 1.165) is 16.8 Å². The van der Waals surface area contributed by atoms with Crippen LogP contribution in [0.5, 0.6) is 5.88 Å². The van der Waals surface area contributed by atoms with Crippen LogP contribution < -0.4 is 5.32 Å². The molecular weight excluding hydrogens is 238 g/mol. The van der Waals surface area contributed by atoms with E-state index in [1.165, 1.54) is 25.7 Å². The molecule has 2 heterocycles. The molecule has 0 saturated heterocycles. The summed E-state index contributed by atoms with van der Waals surface area (Å²) in [5.41, 5.74) is 3.19. The second-order valence-corrected chi connectivity index (χ2v) is 5.70.